The third kappa shape index (κ3) is 3.05. The van der Waals surface area contributed by atoms with Crippen LogP contribution in [0.5, 0.6) is 0 Å². The zero-order chi connectivity index (χ0) is 18.2. The summed E-state index contributed by atoms with van der Waals surface area (Å²) in [5.41, 5.74) is 4.37. The first-order valence-corrected chi connectivity index (χ1v) is 9.82. The molecule has 0 bridgehead atoms. The van der Waals surface area contributed by atoms with Gasteiger partial charge in [0, 0.05) is 12.2 Å². The van der Waals surface area contributed by atoms with Gasteiger partial charge in [0.1, 0.15) is 0 Å². The summed E-state index contributed by atoms with van der Waals surface area (Å²) in [6, 6.07) is 19.1. The molecule has 0 aliphatic heterocycles. The maximum Gasteiger partial charge on any atom is 0.257 e. The number of carbonyl (C=O) groups is 1. The van der Waals surface area contributed by atoms with Gasteiger partial charge in [-0.25, -0.2) is 4.68 Å². The van der Waals surface area contributed by atoms with Crippen molar-refractivity contribution in [3.63, 3.8) is 0 Å². The lowest BCUT2D eigenvalue weighted by Crippen LogP contribution is -2.38. The van der Waals surface area contributed by atoms with Crippen LogP contribution < -0.4 is 0 Å². The van der Waals surface area contributed by atoms with Crippen molar-refractivity contribution < 1.29 is 4.79 Å². The van der Waals surface area contributed by atoms with Gasteiger partial charge in [-0.3, -0.25) is 4.79 Å². The Balaban J connectivity index is 1.47. The van der Waals surface area contributed by atoms with Crippen LogP contribution >= 0.6 is 0 Å². The van der Waals surface area contributed by atoms with Crippen LogP contribution in [-0.4, -0.2) is 26.6 Å². The van der Waals surface area contributed by atoms with E-state index in [2.05, 4.69) is 34.3 Å². The summed E-state index contributed by atoms with van der Waals surface area (Å²) in [4.78, 5) is 15.6. The molecule has 1 unspecified atom stereocenters. The van der Waals surface area contributed by atoms with Gasteiger partial charge in [0.25, 0.3) is 5.91 Å². The Morgan fingerprint density at radius 3 is 2.59 bits per heavy atom. The van der Waals surface area contributed by atoms with E-state index in [-0.39, 0.29) is 11.9 Å². The first-order chi connectivity index (χ1) is 13.3. The molecule has 3 aromatic rings. The van der Waals surface area contributed by atoms with Crippen molar-refractivity contribution in [2.24, 2.45) is 0 Å². The van der Waals surface area contributed by atoms with E-state index in [1.807, 2.05) is 36.5 Å². The normalized spacial score (nSPS) is 18.7. The predicted octanol–water partition coefficient (Wildman–Crippen LogP) is 4.55. The SMILES string of the molecule is O=C(c1cnn(-c2ccccc2)c1)N(C1CC1)C1CCCc2ccccc21. The third-order valence-corrected chi connectivity index (χ3v) is 5.70. The number of fused-ring (bicyclic) bond motifs is 1. The van der Waals surface area contributed by atoms with Crippen LogP contribution in [-0.2, 0) is 6.42 Å². The second-order valence-corrected chi connectivity index (χ2v) is 7.56. The zero-order valence-corrected chi connectivity index (χ0v) is 15.3. The summed E-state index contributed by atoms with van der Waals surface area (Å²) in [6.07, 6.45) is 9.09. The smallest absolute Gasteiger partial charge is 0.257 e. The lowest BCUT2D eigenvalue weighted by molar-refractivity contribution is 0.0638. The maximum absolute atomic E-state index is 13.5. The minimum atomic E-state index is 0.112. The van der Waals surface area contributed by atoms with Crippen LogP contribution in [0.25, 0.3) is 5.69 Å². The second kappa shape index (κ2) is 6.69. The number of carbonyl (C=O) groups excluding carboxylic acids is 1. The molecule has 1 amide bonds. The van der Waals surface area contributed by atoms with Gasteiger partial charge in [-0.2, -0.15) is 5.10 Å². The number of aromatic nitrogens is 2. The molecule has 4 nitrogen and oxygen atoms in total. The van der Waals surface area contributed by atoms with Crippen LogP contribution in [0.2, 0.25) is 0 Å². The number of para-hydroxylation sites is 1. The van der Waals surface area contributed by atoms with Crippen LogP contribution in [0, 0.1) is 0 Å². The number of hydrogen-bond donors (Lipinski definition) is 0. The lowest BCUT2D eigenvalue weighted by Gasteiger charge is -2.36. The van der Waals surface area contributed by atoms with E-state index in [9.17, 15) is 4.79 Å². The third-order valence-electron chi connectivity index (χ3n) is 5.70. The molecule has 0 radical (unpaired) electrons. The average Bonchev–Trinajstić information content (AvgIpc) is 3.43. The van der Waals surface area contributed by atoms with E-state index in [1.54, 1.807) is 10.9 Å². The summed E-state index contributed by atoms with van der Waals surface area (Å²) in [5, 5.41) is 4.43. The van der Waals surface area contributed by atoms with E-state index in [0.717, 1.165) is 37.8 Å². The molecule has 136 valence electrons. The highest BCUT2D eigenvalue weighted by Gasteiger charge is 2.40. The highest BCUT2D eigenvalue weighted by Crippen LogP contribution is 2.41. The summed E-state index contributed by atoms with van der Waals surface area (Å²) in [6.45, 7) is 0. The van der Waals surface area contributed by atoms with Crippen molar-refractivity contribution >= 4 is 5.91 Å². The summed E-state index contributed by atoms with van der Waals surface area (Å²) in [7, 11) is 0. The van der Waals surface area contributed by atoms with E-state index >= 15 is 0 Å². The fraction of sp³-hybridized carbons (Fsp3) is 0.304. The Hall–Kier alpha value is -2.88. The molecule has 0 spiro atoms. The molecule has 2 aromatic carbocycles. The standard InChI is InChI=1S/C23H23N3O/c27-23(18-15-24-25(16-18)19-9-2-1-3-10-19)26(20-13-14-20)22-12-6-8-17-7-4-5-11-21(17)22/h1-5,7,9-11,15-16,20,22H,6,8,12-14H2. The van der Waals surface area contributed by atoms with E-state index in [1.165, 1.54) is 11.1 Å². The van der Waals surface area contributed by atoms with Gasteiger partial charge in [0.15, 0.2) is 0 Å². The summed E-state index contributed by atoms with van der Waals surface area (Å²) in [5.74, 6) is 0.112. The lowest BCUT2D eigenvalue weighted by atomic mass is 9.86. The molecule has 5 rings (SSSR count). The molecular weight excluding hydrogens is 334 g/mol. The molecule has 1 saturated carbocycles. The van der Waals surface area contributed by atoms with E-state index < -0.39 is 0 Å². The van der Waals surface area contributed by atoms with Gasteiger partial charge in [-0.15, -0.1) is 0 Å². The molecule has 2 aliphatic carbocycles. The number of amides is 1. The Kier molecular flexibility index (Phi) is 4.04. The Labute approximate surface area is 159 Å². The van der Waals surface area contributed by atoms with Crippen molar-refractivity contribution in [2.75, 3.05) is 0 Å². The Bertz CT molecular complexity index is 959. The Morgan fingerprint density at radius 1 is 1.00 bits per heavy atom. The Morgan fingerprint density at radius 2 is 1.78 bits per heavy atom. The zero-order valence-electron chi connectivity index (χ0n) is 15.3. The molecule has 0 N–H and O–H groups in total. The summed E-state index contributed by atoms with van der Waals surface area (Å²) < 4.78 is 1.78. The molecule has 2 aliphatic rings. The number of aryl methyl sites for hydroxylation is 1. The van der Waals surface area contributed by atoms with Crippen LogP contribution in [0.4, 0.5) is 0 Å². The molecule has 1 fully saturated rings. The van der Waals surface area contributed by atoms with E-state index in [4.69, 9.17) is 0 Å². The van der Waals surface area contributed by atoms with Crippen molar-refractivity contribution in [3.05, 3.63) is 83.7 Å². The monoisotopic (exact) mass is 357 g/mol. The minimum Gasteiger partial charge on any atom is -0.329 e. The maximum atomic E-state index is 13.5. The molecule has 1 heterocycles. The fourth-order valence-corrected chi connectivity index (χ4v) is 4.24. The number of hydrogen-bond acceptors (Lipinski definition) is 2. The van der Waals surface area contributed by atoms with Gasteiger partial charge in [-0.05, 0) is 55.4 Å². The molecule has 4 heteroatoms. The van der Waals surface area contributed by atoms with Crippen molar-refractivity contribution in [1.29, 1.82) is 0 Å². The van der Waals surface area contributed by atoms with Gasteiger partial charge in [0.05, 0.1) is 23.5 Å². The minimum absolute atomic E-state index is 0.112. The van der Waals surface area contributed by atoms with Crippen LogP contribution in [0.1, 0.15) is 53.2 Å². The van der Waals surface area contributed by atoms with Gasteiger partial charge >= 0.3 is 0 Å². The molecule has 0 saturated heterocycles. The molecular formula is C23H23N3O. The van der Waals surface area contributed by atoms with E-state index in [0.29, 0.717) is 11.6 Å². The second-order valence-electron chi connectivity index (χ2n) is 7.56. The van der Waals surface area contributed by atoms with Crippen LogP contribution in [0.3, 0.4) is 0 Å². The highest BCUT2D eigenvalue weighted by molar-refractivity contribution is 5.94. The topological polar surface area (TPSA) is 38.1 Å². The molecule has 27 heavy (non-hydrogen) atoms. The number of rotatable bonds is 4. The van der Waals surface area contributed by atoms with Crippen molar-refractivity contribution in [1.82, 2.24) is 14.7 Å². The quantitative estimate of drug-likeness (QED) is 0.687. The first kappa shape index (κ1) is 16.3. The number of nitrogens with zero attached hydrogens (tertiary/aromatic N) is 3. The summed E-state index contributed by atoms with van der Waals surface area (Å²) >= 11 is 0. The number of benzene rings is 2. The predicted molar refractivity (Wildman–Crippen MR) is 105 cm³/mol. The largest absolute Gasteiger partial charge is 0.329 e. The van der Waals surface area contributed by atoms with Gasteiger partial charge in [-0.1, -0.05) is 42.5 Å². The fourth-order valence-electron chi connectivity index (χ4n) is 4.24. The molecule has 1 atom stereocenters. The highest BCUT2D eigenvalue weighted by atomic mass is 16.2. The molecule has 1 aromatic heterocycles. The first-order valence-electron chi connectivity index (χ1n) is 9.82. The van der Waals surface area contributed by atoms with Gasteiger partial charge < -0.3 is 4.90 Å². The van der Waals surface area contributed by atoms with Crippen LogP contribution in [0.15, 0.2) is 67.0 Å². The average molecular weight is 357 g/mol. The van der Waals surface area contributed by atoms with Crippen molar-refractivity contribution in [2.45, 2.75) is 44.2 Å². The van der Waals surface area contributed by atoms with Crippen molar-refractivity contribution in [3.8, 4) is 5.69 Å². The van der Waals surface area contributed by atoms with Gasteiger partial charge in [0.2, 0.25) is 0 Å².